The summed E-state index contributed by atoms with van der Waals surface area (Å²) in [6.45, 7) is 0.372. The summed E-state index contributed by atoms with van der Waals surface area (Å²) in [5.74, 6) is 3.08. The van der Waals surface area contributed by atoms with E-state index in [1.165, 1.54) is 12.8 Å². The Morgan fingerprint density at radius 2 is 2.23 bits per heavy atom. The number of thioether (sulfide) groups is 1. The van der Waals surface area contributed by atoms with E-state index in [0.717, 1.165) is 17.2 Å². The number of hydrogen-bond donors (Lipinski definition) is 1. The minimum absolute atomic E-state index is 0.0351. The predicted octanol–water partition coefficient (Wildman–Crippen LogP) is 3.75. The minimum atomic E-state index is 0.0351. The fourth-order valence-corrected chi connectivity index (χ4v) is 3.33. The lowest BCUT2D eigenvalue weighted by Crippen LogP contribution is -2.24. The topological polar surface area (TPSA) is 55.1 Å². The zero-order chi connectivity index (χ0) is 15.4. The molecule has 0 unspecified atom stereocenters. The highest BCUT2D eigenvalue weighted by atomic mass is 35.5. The van der Waals surface area contributed by atoms with Gasteiger partial charge in [0.25, 0.3) is 0 Å². The van der Waals surface area contributed by atoms with Crippen molar-refractivity contribution < 1.29 is 9.32 Å². The molecule has 6 heteroatoms. The molecule has 1 aliphatic carbocycles. The van der Waals surface area contributed by atoms with Crippen LogP contribution in [0.5, 0.6) is 0 Å². The highest BCUT2D eigenvalue weighted by Gasteiger charge is 2.21. The second-order valence-electron chi connectivity index (χ2n) is 5.40. The average molecular weight is 337 g/mol. The Morgan fingerprint density at radius 3 is 3.00 bits per heavy atom. The maximum absolute atomic E-state index is 11.7. The van der Waals surface area contributed by atoms with E-state index in [1.54, 1.807) is 23.9 Å². The van der Waals surface area contributed by atoms with E-state index in [1.807, 2.05) is 18.2 Å². The van der Waals surface area contributed by atoms with Crippen LogP contribution in [0.25, 0.3) is 11.3 Å². The molecule has 1 N–H and O–H groups in total. The van der Waals surface area contributed by atoms with Crippen LogP contribution in [-0.2, 0) is 11.3 Å². The number of nitrogens with zero attached hydrogens (tertiary/aromatic N) is 1. The molecular weight excluding hydrogens is 320 g/mol. The van der Waals surface area contributed by atoms with E-state index < -0.39 is 0 Å². The molecule has 0 radical (unpaired) electrons. The highest BCUT2D eigenvalue weighted by Crippen LogP contribution is 2.32. The van der Waals surface area contributed by atoms with Crippen LogP contribution in [0.3, 0.4) is 0 Å². The van der Waals surface area contributed by atoms with Gasteiger partial charge in [0.2, 0.25) is 5.91 Å². The molecule has 1 aromatic heterocycles. The number of hydrogen-bond acceptors (Lipinski definition) is 4. The van der Waals surface area contributed by atoms with Crippen molar-refractivity contribution in [3.05, 3.63) is 41.0 Å². The SMILES string of the molecule is O=C(CSCC1CC1)NCc1cc(-c2ccccc2Cl)on1. The average Bonchev–Trinajstić information content (AvgIpc) is 3.22. The van der Waals surface area contributed by atoms with E-state index in [0.29, 0.717) is 28.8 Å². The molecule has 0 bridgehead atoms. The summed E-state index contributed by atoms with van der Waals surface area (Å²) in [4.78, 5) is 11.7. The Balaban J connectivity index is 1.49. The number of benzene rings is 1. The monoisotopic (exact) mass is 336 g/mol. The van der Waals surface area contributed by atoms with Gasteiger partial charge in [-0.2, -0.15) is 11.8 Å². The van der Waals surface area contributed by atoms with E-state index in [4.69, 9.17) is 16.1 Å². The van der Waals surface area contributed by atoms with Crippen LogP contribution in [0.2, 0.25) is 5.02 Å². The first-order valence-electron chi connectivity index (χ1n) is 7.27. The predicted molar refractivity (Wildman–Crippen MR) is 88.8 cm³/mol. The zero-order valence-corrected chi connectivity index (χ0v) is 13.6. The Labute approximate surface area is 138 Å². The first kappa shape index (κ1) is 15.4. The van der Waals surface area contributed by atoms with Crippen molar-refractivity contribution in [1.29, 1.82) is 0 Å². The van der Waals surface area contributed by atoms with Crippen LogP contribution in [0.1, 0.15) is 18.5 Å². The van der Waals surface area contributed by atoms with Gasteiger partial charge >= 0.3 is 0 Å². The van der Waals surface area contributed by atoms with Crippen LogP contribution in [0.15, 0.2) is 34.9 Å². The number of rotatable bonds is 7. The summed E-state index contributed by atoms with van der Waals surface area (Å²) in [5, 5.41) is 7.44. The number of amides is 1. The van der Waals surface area contributed by atoms with Gasteiger partial charge in [0.15, 0.2) is 5.76 Å². The van der Waals surface area contributed by atoms with Gasteiger partial charge in [-0.1, -0.05) is 28.9 Å². The second-order valence-corrected chi connectivity index (χ2v) is 6.84. The normalized spacial score (nSPS) is 14.0. The molecule has 22 heavy (non-hydrogen) atoms. The molecule has 3 rings (SSSR count). The quantitative estimate of drug-likeness (QED) is 0.836. The van der Waals surface area contributed by atoms with Gasteiger partial charge in [-0.15, -0.1) is 0 Å². The van der Waals surface area contributed by atoms with Gasteiger partial charge in [0.1, 0.15) is 5.69 Å². The summed E-state index contributed by atoms with van der Waals surface area (Å²) in [5.41, 5.74) is 1.49. The number of aromatic nitrogens is 1. The number of carbonyl (C=O) groups is 1. The van der Waals surface area contributed by atoms with Crippen molar-refractivity contribution >= 4 is 29.3 Å². The van der Waals surface area contributed by atoms with Crippen molar-refractivity contribution in [2.75, 3.05) is 11.5 Å². The molecule has 1 saturated carbocycles. The largest absolute Gasteiger partial charge is 0.356 e. The third kappa shape index (κ3) is 4.27. The van der Waals surface area contributed by atoms with Crippen molar-refractivity contribution in [2.24, 2.45) is 5.92 Å². The van der Waals surface area contributed by atoms with Gasteiger partial charge in [-0.25, -0.2) is 0 Å². The number of halogens is 1. The van der Waals surface area contributed by atoms with Crippen molar-refractivity contribution in [3.63, 3.8) is 0 Å². The van der Waals surface area contributed by atoms with E-state index >= 15 is 0 Å². The molecule has 1 amide bonds. The Hall–Kier alpha value is -1.46. The highest BCUT2D eigenvalue weighted by molar-refractivity contribution is 7.99. The van der Waals surface area contributed by atoms with Gasteiger partial charge in [-0.3, -0.25) is 4.79 Å². The summed E-state index contributed by atoms with van der Waals surface area (Å²) in [6, 6.07) is 9.24. The maximum Gasteiger partial charge on any atom is 0.230 e. The lowest BCUT2D eigenvalue weighted by molar-refractivity contribution is -0.118. The van der Waals surface area contributed by atoms with Crippen LogP contribution in [0.4, 0.5) is 0 Å². The number of carbonyl (C=O) groups excluding carboxylic acids is 1. The first-order chi connectivity index (χ1) is 10.7. The van der Waals surface area contributed by atoms with Gasteiger partial charge in [0, 0.05) is 11.6 Å². The molecule has 0 spiro atoms. The lowest BCUT2D eigenvalue weighted by atomic mass is 10.1. The summed E-state index contributed by atoms with van der Waals surface area (Å²) >= 11 is 7.82. The molecule has 1 fully saturated rings. The summed E-state index contributed by atoms with van der Waals surface area (Å²) in [6.07, 6.45) is 2.64. The first-order valence-corrected chi connectivity index (χ1v) is 8.80. The Bertz CT molecular complexity index is 655. The van der Waals surface area contributed by atoms with Crippen molar-refractivity contribution in [2.45, 2.75) is 19.4 Å². The lowest BCUT2D eigenvalue weighted by Gasteiger charge is -2.02. The molecule has 4 nitrogen and oxygen atoms in total. The Morgan fingerprint density at radius 1 is 1.41 bits per heavy atom. The zero-order valence-electron chi connectivity index (χ0n) is 12.0. The molecule has 0 atom stereocenters. The van der Waals surface area contributed by atoms with Crippen LogP contribution >= 0.6 is 23.4 Å². The molecule has 1 aliphatic rings. The molecule has 2 aromatic rings. The summed E-state index contributed by atoms with van der Waals surface area (Å²) in [7, 11) is 0. The maximum atomic E-state index is 11.7. The van der Waals surface area contributed by atoms with Crippen LogP contribution < -0.4 is 5.32 Å². The minimum Gasteiger partial charge on any atom is -0.356 e. The third-order valence-electron chi connectivity index (χ3n) is 3.45. The summed E-state index contributed by atoms with van der Waals surface area (Å²) < 4.78 is 5.29. The van der Waals surface area contributed by atoms with E-state index in [2.05, 4.69) is 10.5 Å². The third-order valence-corrected chi connectivity index (χ3v) is 4.95. The standard InChI is InChI=1S/C16H17ClN2O2S/c17-14-4-2-1-3-13(14)15-7-12(19-21-15)8-18-16(20)10-22-9-11-5-6-11/h1-4,7,11H,5-6,8-10H2,(H,18,20). The second kappa shape index (κ2) is 7.20. The van der Waals surface area contributed by atoms with E-state index in [9.17, 15) is 4.79 Å². The number of nitrogens with one attached hydrogen (secondary N) is 1. The van der Waals surface area contributed by atoms with Crippen LogP contribution in [-0.4, -0.2) is 22.6 Å². The smallest absolute Gasteiger partial charge is 0.230 e. The molecular formula is C16H17ClN2O2S. The fraction of sp³-hybridized carbons (Fsp3) is 0.375. The molecule has 0 aliphatic heterocycles. The van der Waals surface area contributed by atoms with Gasteiger partial charge < -0.3 is 9.84 Å². The van der Waals surface area contributed by atoms with Gasteiger partial charge in [0.05, 0.1) is 17.3 Å². The molecule has 1 heterocycles. The van der Waals surface area contributed by atoms with Crippen molar-refractivity contribution in [1.82, 2.24) is 10.5 Å². The fourth-order valence-electron chi connectivity index (χ4n) is 2.03. The Kier molecular flexibility index (Phi) is 5.05. The van der Waals surface area contributed by atoms with Crippen molar-refractivity contribution in [3.8, 4) is 11.3 Å². The molecule has 1 aromatic carbocycles. The molecule has 116 valence electrons. The van der Waals surface area contributed by atoms with Crippen LogP contribution in [0, 0.1) is 5.92 Å². The molecule has 0 saturated heterocycles. The van der Waals surface area contributed by atoms with E-state index in [-0.39, 0.29) is 5.91 Å². The van der Waals surface area contributed by atoms with Gasteiger partial charge in [-0.05, 0) is 36.6 Å².